The van der Waals surface area contributed by atoms with Gasteiger partial charge in [-0.25, -0.2) is 0 Å². The van der Waals surface area contributed by atoms with Crippen LogP contribution in [-0.2, 0) is 10.2 Å². The third-order valence-electron chi connectivity index (χ3n) is 6.32. The Morgan fingerprint density at radius 3 is 2.12 bits per heavy atom. The smallest absolute Gasteiger partial charge is 0.233 e. The molecule has 0 unspecified atom stereocenters. The Morgan fingerprint density at radius 1 is 1.12 bits per heavy atom. The molecule has 0 aromatic heterocycles. The van der Waals surface area contributed by atoms with E-state index in [1.165, 1.54) is 0 Å². The van der Waals surface area contributed by atoms with E-state index in [-0.39, 0.29) is 12.4 Å². The summed E-state index contributed by atoms with van der Waals surface area (Å²) in [4.78, 5) is 15.7. The van der Waals surface area contributed by atoms with Gasteiger partial charge in [0, 0.05) is 18.1 Å². The molecule has 2 aliphatic rings. The first-order valence-electron chi connectivity index (χ1n) is 9.37. The molecule has 1 amide bonds. The number of fused-ring (bicyclic) bond motifs is 1. The van der Waals surface area contributed by atoms with Gasteiger partial charge in [0.1, 0.15) is 0 Å². The number of nitrogens with zero attached hydrogens (tertiary/aromatic N) is 1. The maximum absolute atomic E-state index is 13.5. The maximum Gasteiger partial charge on any atom is 0.233 e. The lowest BCUT2D eigenvalue weighted by Crippen LogP contribution is -2.47. The minimum Gasteiger partial charge on any atom is -0.342 e. The van der Waals surface area contributed by atoms with E-state index in [0.29, 0.717) is 5.91 Å². The van der Waals surface area contributed by atoms with Gasteiger partial charge in [-0.3, -0.25) is 4.79 Å². The zero-order valence-corrected chi connectivity index (χ0v) is 16.8. The van der Waals surface area contributed by atoms with E-state index in [9.17, 15) is 4.79 Å². The van der Waals surface area contributed by atoms with Crippen LogP contribution in [0.2, 0.25) is 5.02 Å². The van der Waals surface area contributed by atoms with Crippen molar-refractivity contribution in [3.8, 4) is 0 Å². The molecule has 3 nitrogen and oxygen atoms in total. The minimum absolute atomic E-state index is 0. The normalized spacial score (nSPS) is 23.6. The lowest BCUT2D eigenvalue weighted by atomic mass is 9.74. The first-order chi connectivity index (χ1) is 11.6. The van der Waals surface area contributed by atoms with Crippen molar-refractivity contribution in [2.24, 2.45) is 11.8 Å². The SMILES string of the molecule is CCC(CC)(C(=O)N1CC[C@@H]2CNC[C@@H]2CC1)c1ccc(Cl)cc1.Cl. The zero-order chi connectivity index (χ0) is 17.2. The molecule has 0 spiro atoms. The van der Waals surface area contributed by atoms with E-state index in [1.807, 2.05) is 24.3 Å². The molecule has 2 heterocycles. The van der Waals surface area contributed by atoms with E-state index >= 15 is 0 Å². The van der Waals surface area contributed by atoms with Crippen molar-refractivity contribution in [3.05, 3.63) is 34.9 Å². The van der Waals surface area contributed by atoms with Gasteiger partial charge in [-0.2, -0.15) is 0 Å². The summed E-state index contributed by atoms with van der Waals surface area (Å²) < 4.78 is 0. The summed E-state index contributed by atoms with van der Waals surface area (Å²) in [5.41, 5.74) is 0.690. The summed E-state index contributed by atoms with van der Waals surface area (Å²) in [6, 6.07) is 7.87. The summed E-state index contributed by atoms with van der Waals surface area (Å²) >= 11 is 6.05. The molecule has 2 aliphatic heterocycles. The third kappa shape index (κ3) is 3.99. The van der Waals surface area contributed by atoms with E-state index in [2.05, 4.69) is 24.1 Å². The van der Waals surface area contributed by atoms with E-state index in [4.69, 9.17) is 11.6 Å². The number of carbonyl (C=O) groups excluding carboxylic acids is 1. The lowest BCUT2D eigenvalue weighted by Gasteiger charge is -2.36. The summed E-state index contributed by atoms with van der Waals surface area (Å²) in [7, 11) is 0. The van der Waals surface area contributed by atoms with Crippen molar-refractivity contribution < 1.29 is 4.79 Å². The second kappa shape index (κ2) is 8.75. The molecular formula is C20H30Cl2N2O. The highest BCUT2D eigenvalue weighted by Gasteiger charge is 2.41. The largest absolute Gasteiger partial charge is 0.342 e. The van der Waals surface area contributed by atoms with Crippen LogP contribution in [0.1, 0.15) is 45.1 Å². The summed E-state index contributed by atoms with van der Waals surface area (Å²) in [5.74, 6) is 1.80. The minimum atomic E-state index is -0.414. The predicted octanol–water partition coefficient (Wildman–Crippen LogP) is 4.28. The van der Waals surface area contributed by atoms with Crippen LogP contribution in [0.5, 0.6) is 0 Å². The summed E-state index contributed by atoms with van der Waals surface area (Å²) in [6.45, 7) is 8.31. The van der Waals surface area contributed by atoms with Gasteiger partial charge in [0.25, 0.3) is 0 Å². The van der Waals surface area contributed by atoms with E-state index in [1.54, 1.807) is 0 Å². The highest BCUT2D eigenvalue weighted by Crippen LogP contribution is 2.36. The van der Waals surface area contributed by atoms with Gasteiger partial charge >= 0.3 is 0 Å². The number of carbonyl (C=O) groups is 1. The van der Waals surface area contributed by atoms with Gasteiger partial charge in [0.05, 0.1) is 5.41 Å². The van der Waals surface area contributed by atoms with Crippen LogP contribution in [0.15, 0.2) is 24.3 Å². The van der Waals surface area contributed by atoms with Gasteiger partial charge in [0.2, 0.25) is 5.91 Å². The number of likely N-dealkylation sites (tertiary alicyclic amines) is 1. The fourth-order valence-corrected chi connectivity index (χ4v) is 4.70. The highest BCUT2D eigenvalue weighted by atomic mass is 35.5. The van der Waals surface area contributed by atoms with Crippen molar-refractivity contribution in [3.63, 3.8) is 0 Å². The average molecular weight is 385 g/mol. The van der Waals surface area contributed by atoms with Crippen molar-refractivity contribution in [1.29, 1.82) is 0 Å². The van der Waals surface area contributed by atoms with E-state index in [0.717, 1.165) is 74.3 Å². The van der Waals surface area contributed by atoms with Crippen LogP contribution in [0.4, 0.5) is 0 Å². The molecular weight excluding hydrogens is 355 g/mol. The molecule has 1 aromatic carbocycles. The Kier molecular flexibility index (Phi) is 7.19. The number of amides is 1. The predicted molar refractivity (Wildman–Crippen MR) is 107 cm³/mol. The number of nitrogens with one attached hydrogen (secondary N) is 1. The van der Waals surface area contributed by atoms with Crippen molar-refractivity contribution >= 4 is 29.9 Å². The molecule has 0 saturated carbocycles. The Hall–Kier alpha value is -0.770. The van der Waals surface area contributed by atoms with Crippen molar-refractivity contribution in [1.82, 2.24) is 10.2 Å². The molecule has 2 fully saturated rings. The summed E-state index contributed by atoms with van der Waals surface area (Å²) in [5, 5.41) is 4.23. The van der Waals surface area contributed by atoms with Crippen LogP contribution in [-0.4, -0.2) is 37.0 Å². The van der Waals surface area contributed by atoms with Crippen LogP contribution in [0.3, 0.4) is 0 Å². The standard InChI is InChI=1S/C20H29ClN2O.ClH/c1-3-20(4-2,17-5-7-18(21)8-6-17)19(24)23-11-9-15-13-22-14-16(15)10-12-23;/h5-8,15-16,22H,3-4,9-14H2,1-2H3;1H/t15-,16+;. The number of halogens is 2. The van der Waals surface area contributed by atoms with Gasteiger partial charge in [0.15, 0.2) is 0 Å². The monoisotopic (exact) mass is 384 g/mol. The molecule has 140 valence electrons. The molecule has 2 saturated heterocycles. The Labute approximate surface area is 162 Å². The van der Waals surface area contributed by atoms with Gasteiger partial charge in [-0.05, 0) is 68.3 Å². The maximum atomic E-state index is 13.5. The number of rotatable bonds is 4. The lowest BCUT2D eigenvalue weighted by molar-refractivity contribution is -0.138. The Bertz CT molecular complexity index is 558. The Balaban J connectivity index is 0.00000225. The van der Waals surface area contributed by atoms with Gasteiger partial charge in [-0.15, -0.1) is 12.4 Å². The fourth-order valence-electron chi connectivity index (χ4n) is 4.58. The van der Waals surface area contributed by atoms with Crippen LogP contribution in [0.25, 0.3) is 0 Å². The van der Waals surface area contributed by atoms with Crippen LogP contribution in [0, 0.1) is 11.8 Å². The summed E-state index contributed by atoms with van der Waals surface area (Å²) in [6.07, 6.45) is 3.92. The van der Waals surface area contributed by atoms with E-state index < -0.39 is 5.41 Å². The highest BCUT2D eigenvalue weighted by molar-refractivity contribution is 6.30. The number of benzene rings is 1. The van der Waals surface area contributed by atoms with Crippen LogP contribution >= 0.6 is 24.0 Å². The number of hydrogen-bond donors (Lipinski definition) is 1. The first-order valence-corrected chi connectivity index (χ1v) is 9.74. The molecule has 2 atom stereocenters. The average Bonchev–Trinajstić information content (AvgIpc) is 2.96. The molecule has 0 radical (unpaired) electrons. The zero-order valence-electron chi connectivity index (χ0n) is 15.3. The molecule has 0 bridgehead atoms. The van der Waals surface area contributed by atoms with Crippen molar-refractivity contribution in [2.45, 2.75) is 44.9 Å². The third-order valence-corrected chi connectivity index (χ3v) is 6.57. The second-order valence-electron chi connectivity index (χ2n) is 7.34. The fraction of sp³-hybridized carbons (Fsp3) is 0.650. The quantitative estimate of drug-likeness (QED) is 0.839. The second-order valence-corrected chi connectivity index (χ2v) is 7.78. The topological polar surface area (TPSA) is 32.3 Å². The molecule has 3 rings (SSSR count). The van der Waals surface area contributed by atoms with Gasteiger partial charge in [-0.1, -0.05) is 37.6 Å². The number of hydrogen-bond acceptors (Lipinski definition) is 2. The molecule has 1 N–H and O–H groups in total. The van der Waals surface area contributed by atoms with Crippen molar-refractivity contribution in [2.75, 3.05) is 26.2 Å². The molecule has 0 aliphatic carbocycles. The molecule has 25 heavy (non-hydrogen) atoms. The Morgan fingerprint density at radius 2 is 1.64 bits per heavy atom. The van der Waals surface area contributed by atoms with Gasteiger partial charge < -0.3 is 10.2 Å². The molecule has 5 heteroatoms. The first kappa shape index (κ1) is 20.5. The van der Waals surface area contributed by atoms with Crippen LogP contribution < -0.4 is 5.32 Å². The molecule has 1 aromatic rings.